The van der Waals surface area contributed by atoms with Crippen molar-refractivity contribution in [2.45, 2.75) is 31.7 Å². The van der Waals surface area contributed by atoms with Crippen LogP contribution in [-0.4, -0.2) is 27.8 Å². The standard InChI is InChI=1S/C28H25N5O3/c34-27(18-5-10-22(33-36)11-6-18)29-21-8-3-17(4-9-21)26-30-23-12-7-20(15-25(23)31-26)28(35)32-24-14-16-1-2-19(24)13-16/h3-12,15-16,19,24H,1-2,13-14H2,(H,29,34)(H,30,31)(H,32,35). The molecule has 0 saturated heterocycles. The molecule has 2 amide bonds. The number of benzene rings is 3. The van der Waals surface area contributed by atoms with Gasteiger partial charge in [-0.3, -0.25) is 9.59 Å². The van der Waals surface area contributed by atoms with E-state index in [0.29, 0.717) is 34.6 Å². The van der Waals surface area contributed by atoms with Gasteiger partial charge in [0.05, 0.1) is 11.0 Å². The number of imidazole rings is 1. The molecule has 6 rings (SSSR count). The molecule has 1 heterocycles. The molecule has 0 radical (unpaired) electrons. The maximum atomic E-state index is 12.9. The lowest BCUT2D eigenvalue weighted by Crippen LogP contribution is -2.38. The van der Waals surface area contributed by atoms with Gasteiger partial charge in [-0.1, -0.05) is 6.42 Å². The van der Waals surface area contributed by atoms with Crippen molar-refractivity contribution in [3.05, 3.63) is 82.8 Å². The fourth-order valence-electron chi connectivity index (χ4n) is 5.55. The minimum atomic E-state index is -0.278. The van der Waals surface area contributed by atoms with Gasteiger partial charge < -0.3 is 15.6 Å². The molecule has 3 aromatic carbocycles. The average molecular weight is 480 g/mol. The molecule has 3 atom stereocenters. The van der Waals surface area contributed by atoms with Crippen molar-refractivity contribution < 1.29 is 9.59 Å². The Labute approximate surface area is 207 Å². The fraction of sp³-hybridized carbons (Fsp3) is 0.250. The molecule has 2 saturated carbocycles. The first-order valence-corrected chi connectivity index (χ1v) is 12.2. The van der Waals surface area contributed by atoms with Gasteiger partial charge in [-0.2, -0.15) is 0 Å². The van der Waals surface area contributed by atoms with Crippen LogP contribution >= 0.6 is 0 Å². The maximum absolute atomic E-state index is 12.9. The van der Waals surface area contributed by atoms with Crippen molar-refractivity contribution >= 4 is 34.2 Å². The second-order valence-corrected chi connectivity index (χ2v) is 9.74. The van der Waals surface area contributed by atoms with Gasteiger partial charge in [-0.25, -0.2) is 4.98 Å². The molecule has 8 nitrogen and oxygen atoms in total. The van der Waals surface area contributed by atoms with E-state index < -0.39 is 0 Å². The van der Waals surface area contributed by atoms with E-state index in [1.54, 1.807) is 24.3 Å². The summed E-state index contributed by atoms with van der Waals surface area (Å²) in [5.41, 5.74) is 4.42. The zero-order valence-electron chi connectivity index (χ0n) is 19.5. The number of nitrogens with one attached hydrogen (secondary N) is 3. The predicted octanol–water partition coefficient (Wildman–Crippen LogP) is 5.80. The summed E-state index contributed by atoms with van der Waals surface area (Å²) in [7, 11) is 0. The van der Waals surface area contributed by atoms with Crippen LogP contribution in [0.15, 0.2) is 71.9 Å². The topological polar surface area (TPSA) is 116 Å². The molecule has 2 bridgehead atoms. The van der Waals surface area contributed by atoms with Crippen LogP contribution in [0.3, 0.4) is 0 Å². The number of hydrogen-bond donors (Lipinski definition) is 3. The number of carbonyl (C=O) groups is 2. The zero-order valence-corrected chi connectivity index (χ0v) is 19.5. The van der Waals surface area contributed by atoms with Crippen LogP contribution in [0.1, 0.15) is 46.4 Å². The van der Waals surface area contributed by atoms with Crippen LogP contribution in [0.25, 0.3) is 22.4 Å². The van der Waals surface area contributed by atoms with Crippen molar-refractivity contribution in [1.29, 1.82) is 0 Å². The molecule has 2 fully saturated rings. The summed E-state index contributed by atoms with van der Waals surface area (Å²) < 4.78 is 0. The summed E-state index contributed by atoms with van der Waals surface area (Å²) in [6.45, 7) is 0. The van der Waals surface area contributed by atoms with Gasteiger partial charge >= 0.3 is 0 Å². The number of hydrogen-bond acceptors (Lipinski definition) is 5. The molecule has 3 unspecified atom stereocenters. The van der Waals surface area contributed by atoms with Gasteiger partial charge in [0.15, 0.2) is 0 Å². The van der Waals surface area contributed by atoms with Crippen LogP contribution in [0.4, 0.5) is 11.4 Å². The molecule has 4 aromatic rings. The van der Waals surface area contributed by atoms with Crippen LogP contribution < -0.4 is 10.6 Å². The lowest BCUT2D eigenvalue weighted by Gasteiger charge is -2.22. The number of anilines is 1. The Hall–Kier alpha value is -4.33. The summed E-state index contributed by atoms with van der Waals surface area (Å²) in [5, 5.41) is 8.92. The Morgan fingerprint density at radius 1 is 0.889 bits per heavy atom. The number of rotatable bonds is 6. The molecule has 2 aliphatic carbocycles. The van der Waals surface area contributed by atoms with E-state index in [1.165, 1.54) is 31.4 Å². The van der Waals surface area contributed by atoms with E-state index in [-0.39, 0.29) is 17.5 Å². The van der Waals surface area contributed by atoms with E-state index in [0.717, 1.165) is 28.9 Å². The van der Waals surface area contributed by atoms with Gasteiger partial charge in [0.2, 0.25) is 0 Å². The van der Waals surface area contributed by atoms with Crippen molar-refractivity contribution in [2.24, 2.45) is 17.0 Å². The highest BCUT2D eigenvalue weighted by atomic mass is 16.3. The number of carbonyl (C=O) groups excluding carboxylic acids is 2. The molecule has 2 aliphatic rings. The van der Waals surface area contributed by atoms with Gasteiger partial charge in [-0.15, -0.1) is 4.91 Å². The summed E-state index contributed by atoms with van der Waals surface area (Å²) >= 11 is 0. The first kappa shape index (κ1) is 22.2. The third-order valence-corrected chi connectivity index (χ3v) is 7.45. The first-order valence-electron chi connectivity index (χ1n) is 12.2. The third kappa shape index (κ3) is 4.26. The smallest absolute Gasteiger partial charge is 0.255 e. The number of nitrogens with zero attached hydrogens (tertiary/aromatic N) is 2. The van der Waals surface area contributed by atoms with Crippen molar-refractivity contribution in [3.63, 3.8) is 0 Å². The van der Waals surface area contributed by atoms with E-state index >= 15 is 0 Å². The molecule has 180 valence electrons. The van der Waals surface area contributed by atoms with Crippen LogP contribution in [0, 0.1) is 16.7 Å². The lowest BCUT2D eigenvalue weighted by molar-refractivity contribution is 0.0922. The number of fused-ring (bicyclic) bond motifs is 3. The zero-order chi connectivity index (χ0) is 24.6. The monoisotopic (exact) mass is 479 g/mol. The van der Waals surface area contributed by atoms with Crippen molar-refractivity contribution in [3.8, 4) is 11.4 Å². The van der Waals surface area contributed by atoms with Crippen molar-refractivity contribution in [1.82, 2.24) is 15.3 Å². The minimum absolute atomic E-state index is 0.0252. The second kappa shape index (κ2) is 9.03. The van der Waals surface area contributed by atoms with Crippen LogP contribution in [0.5, 0.6) is 0 Å². The van der Waals surface area contributed by atoms with Gasteiger partial charge in [0.25, 0.3) is 11.8 Å². The maximum Gasteiger partial charge on any atom is 0.255 e. The molecular formula is C28H25N5O3. The summed E-state index contributed by atoms with van der Waals surface area (Å²) in [4.78, 5) is 43.8. The Balaban J connectivity index is 1.14. The Bertz CT molecular complexity index is 1460. The highest BCUT2D eigenvalue weighted by molar-refractivity contribution is 6.04. The van der Waals surface area contributed by atoms with E-state index in [9.17, 15) is 14.5 Å². The van der Waals surface area contributed by atoms with E-state index in [2.05, 4.69) is 25.8 Å². The van der Waals surface area contributed by atoms with Crippen LogP contribution in [0.2, 0.25) is 0 Å². The number of aromatic nitrogens is 2. The van der Waals surface area contributed by atoms with Crippen molar-refractivity contribution in [2.75, 3.05) is 5.32 Å². The first-order chi connectivity index (χ1) is 17.6. The minimum Gasteiger partial charge on any atom is -0.349 e. The molecule has 36 heavy (non-hydrogen) atoms. The van der Waals surface area contributed by atoms with Gasteiger partial charge in [-0.05, 0) is 103 Å². The largest absolute Gasteiger partial charge is 0.349 e. The highest BCUT2D eigenvalue weighted by Crippen LogP contribution is 2.44. The quantitative estimate of drug-likeness (QED) is 0.303. The predicted molar refractivity (Wildman–Crippen MR) is 138 cm³/mol. The average Bonchev–Trinajstić information content (AvgIpc) is 3.64. The Kier molecular flexibility index (Phi) is 5.56. The normalized spacial score (nSPS) is 20.4. The SMILES string of the molecule is O=Nc1ccc(C(=O)Nc2ccc(-c3nc4ccc(C(=O)NC5CC6CCC5C6)cc4[nH]3)cc2)cc1. The highest BCUT2D eigenvalue weighted by Gasteiger charge is 2.40. The molecule has 8 heteroatoms. The third-order valence-electron chi connectivity index (χ3n) is 7.45. The number of aromatic amines is 1. The second-order valence-electron chi connectivity index (χ2n) is 9.74. The molecular weight excluding hydrogens is 454 g/mol. The molecule has 0 aliphatic heterocycles. The Morgan fingerprint density at radius 3 is 2.36 bits per heavy atom. The number of H-pyrrole nitrogens is 1. The summed E-state index contributed by atoms with van der Waals surface area (Å²) in [5.74, 6) is 1.80. The Morgan fingerprint density at radius 2 is 1.67 bits per heavy atom. The molecule has 3 N–H and O–H groups in total. The molecule has 1 aromatic heterocycles. The summed E-state index contributed by atoms with van der Waals surface area (Å²) in [6.07, 6.45) is 4.89. The van der Waals surface area contributed by atoms with Gasteiger partial charge in [0, 0.05) is 28.4 Å². The van der Waals surface area contributed by atoms with Crippen LogP contribution in [-0.2, 0) is 0 Å². The number of nitroso groups, excluding NO2 is 1. The van der Waals surface area contributed by atoms with Gasteiger partial charge in [0.1, 0.15) is 11.5 Å². The summed E-state index contributed by atoms with van der Waals surface area (Å²) in [6, 6.07) is 19.3. The number of amides is 2. The lowest BCUT2D eigenvalue weighted by atomic mass is 9.95. The van der Waals surface area contributed by atoms with E-state index in [1.807, 2.05) is 30.3 Å². The molecule has 0 spiro atoms. The fourth-order valence-corrected chi connectivity index (χ4v) is 5.55. The van der Waals surface area contributed by atoms with E-state index in [4.69, 9.17) is 0 Å².